The largest absolute Gasteiger partial charge is 0.351 e. The number of primary amides is 1. The first-order valence-corrected chi connectivity index (χ1v) is 8.53. The highest BCUT2D eigenvalue weighted by Crippen LogP contribution is 2.40. The molecule has 5 heteroatoms. The summed E-state index contributed by atoms with van der Waals surface area (Å²) in [5.74, 6) is 0.0259. The third-order valence-electron chi connectivity index (χ3n) is 5.05. The highest BCUT2D eigenvalue weighted by atomic mass is 16.2. The molecule has 2 aliphatic rings. The van der Waals surface area contributed by atoms with E-state index in [4.69, 9.17) is 5.73 Å². The highest BCUT2D eigenvalue weighted by molar-refractivity contribution is 5.88. The Morgan fingerprint density at radius 1 is 1.09 bits per heavy atom. The Kier molecular flexibility index (Phi) is 5.50. The van der Waals surface area contributed by atoms with Crippen molar-refractivity contribution >= 4 is 11.9 Å². The van der Waals surface area contributed by atoms with Crippen LogP contribution in [0, 0.1) is 5.41 Å². The van der Waals surface area contributed by atoms with Gasteiger partial charge in [-0.05, 0) is 43.6 Å². The van der Waals surface area contributed by atoms with Crippen LogP contribution in [0.2, 0.25) is 0 Å². The number of hydrogen-bond donors (Lipinski definition) is 1. The molecule has 0 bridgehead atoms. The second-order valence-electron chi connectivity index (χ2n) is 7.27. The van der Waals surface area contributed by atoms with Gasteiger partial charge in [-0.3, -0.25) is 4.79 Å². The van der Waals surface area contributed by atoms with E-state index in [0.717, 1.165) is 19.3 Å². The number of amides is 3. The average molecular weight is 319 g/mol. The molecule has 2 N–H and O–H groups in total. The topological polar surface area (TPSA) is 66.6 Å². The molecule has 0 unspecified atom stereocenters. The van der Waals surface area contributed by atoms with Crippen molar-refractivity contribution in [2.75, 3.05) is 26.2 Å². The van der Waals surface area contributed by atoms with Crippen LogP contribution in [-0.2, 0) is 4.79 Å². The highest BCUT2D eigenvalue weighted by Gasteiger charge is 2.27. The molecule has 3 amide bonds. The Hall–Kier alpha value is -1.78. The quantitative estimate of drug-likeness (QED) is 0.795. The van der Waals surface area contributed by atoms with Crippen LogP contribution in [0.15, 0.2) is 23.3 Å². The smallest absolute Gasteiger partial charge is 0.314 e. The third-order valence-corrected chi connectivity index (χ3v) is 5.05. The number of carbonyl (C=O) groups is 2. The summed E-state index contributed by atoms with van der Waals surface area (Å²) in [6.07, 6.45) is 7.98. The van der Waals surface area contributed by atoms with Crippen molar-refractivity contribution in [3.05, 3.63) is 23.3 Å². The van der Waals surface area contributed by atoms with Crippen molar-refractivity contribution in [3.63, 3.8) is 0 Å². The standard InChI is InChI=1S/C18H29N3O2/c1-14-6-4-9-18(2,3)15(14)7-8-16(22)20-10-5-11-21(13-12-20)17(19)23/h7-8H,4-6,9-13H2,1-3H3,(H2,19,23)/b8-7+. The van der Waals surface area contributed by atoms with E-state index < -0.39 is 6.03 Å². The Labute approximate surface area is 139 Å². The van der Waals surface area contributed by atoms with Gasteiger partial charge in [0.2, 0.25) is 5.91 Å². The van der Waals surface area contributed by atoms with Gasteiger partial charge in [0.15, 0.2) is 0 Å². The first-order valence-electron chi connectivity index (χ1n) is 8.53. The molecule has 1 aliphatic heterocycles. The molecule has 0 atom stereocenters. The third kappa shape index (κ3) is 4.36. The van der Waals surface area contributed by atoms with E-state index in [9.17, 15) is 9.59 Å². The molecule has 1 heterocycles. The van der Waals surface area contributed by atoms with E-state index in [1.807, 2.05) is 11.0 Å². The second-order valence-corrected chi connectivity index (χ2v) is 7.27. The summed E-state index contributed by atoms with van der Waals surface area (Å²) < 4.78 is 0. The van der Waals surface area contributed by atoms with Crippen LogP contribution in [0.25, 0.3) is 0 Å². The lowest BCUT2D eigenvalue weighted by molar-refractivity contribution is -0.125. The van der Waals surface area contributed by atoms with Crippen molar-refractivity contribution < 1.29 is 9.59 Å². The lowest BCUT2D eigenvalue weighted by Gasteiger charge is -2.33. The summed E-state index contributed by atoms with van der Waals surface area (Å²) in [6.45, 7) is 9.03. The van der Waals surface area contributed by atoms with Gasteiger partial charge >= 0.3 is 6.03 Å². The van der Waals surface area contributed by atoms with Crippen molar-refractivity contribution in [2.24, 2.45) is 11.1 Å². The molecule has 0 spiro atoms. The Bertz CT molecular complexity index is 534. The maximum Gasteiger partial charge on any atom is 0.314 e. The number of urea groups is 1. The zero-order chi connectivity index (χ0) is 17.0. The first-order chi connectivity index (χ1) is 10.8. The molecule has 23 heavy (non-hydrogen) atoms. The maximum absolute atomic E-state index is 12.5. The molecule has 0 aromatic rings. The number of allylic oxidation sites excluding steroid dienone is 3. The Balaban J connectivity index is 2.02. The minimum Gasteiger partial charge on any atom is -0.351 e. The van der Waals surface area contributed by atoms with Gasteiger partial charge in [0.25, 0.3) is 0 Å². The zero-order valence-electron chi connectivity index (χ0n) is 14.6. The molecule has 0 aromatic heterocycles. The summed E-state index contributed by atoms with van der Waals surface area (Å²) >= 11 is 0. The van der Waals surface area contributed by atoms with Gasteiger partial charge < -0.3 is 15.5 Å². The van der Waals surface area contributed by atoms with E-state index in [2.05, 4.69) is 20.8 Å². The van der Waals surface area contributed by atoms with Crippen molar-refractivity contribution in [1.29, 1.82) is 0 Å². The second kappa shape index (κ2) is 7.20. The van der Waals surface area contributed by atoms with Gasteiger partial charge in [-0.15, -0.1) is 0 Å². The molecule has 5 nitrogen and oxygen atoms in total. The molecule has 0 saturated carbocycles. The number of rotatable bonds is 2. The molecule has 128 valence electrons. The number of carbonyl (C=O) groups excluding carboxylic acids is 2. The summed E-state index contributed by atoms with van der Waals surface area (Å²) in [7, 11) is 0. The van der Waals surface area contributed by atoms with E-state index in [0.29, 0.717) is 26.2 Å². The fourth-order valence-electron chi connectivity index (χ4n) is 3.63. The minimum atomic E-state index is -0.403. The number of nitrogens with zero attached hydrogens (tertiary/aromatic N) is 2. The van der Waals surface area contributed by atoms with Crippen LogP contribution in [0.5, 0.6) is 0 Å². The van der Waals surface area contributed by atoms with Crippen LogP contribution in [0.4, 0.5) is 4.79 Å². The fourth-order valence-corrected chi connectivity index (χ4v) is 3.63. The van der Waals surface area contributed by atoms with E-state index in [-0.39, 0.29) is 11.3 Å². The van der Waals surface area contributed by atoms with Crippen LogP contribution >= 0.6 is 0 Å². The van der Waals surface area contributed by atoms with Crippen LogP contribution in [0.1, 0.15) is 46.5 Å². The molecule has 1 fully saturated rings. The predicted molar refractivity (Wildman–Crippen MR) is 91.8 cm³/mol. The number of hydrogen-bond acceptors (Lipinski definition) is 2. The van der Waals surface area contributed by atoms with Gasteiger partial charge in [-0.2, -0.15) is 0 Å². The monoisotopic (exact) mass is 319 g/mol. The molecule has 2 rings (SSSR count). The fraction of sp³-hybridized carbons (Fsp3) is 0.667. The lowest BCUT2D eigenvalue weighted by Crippen LogP contribution is -2.39. The van der Waals surface area contributed by atoms with Gasteiger partial charge in [-0.25, -0.2) is 4.79 Å². The van der Waals surface area contributed by atoms with Crippen molar-refractivity contribution in [2.45, 2.75) is 46.5 Å². The molecule has 0 aromatic carbocycles. The Morgan fingerprint density at radius 2 is 1.74 bits per heavy atom. The van der Waals surface area contributed by atoms with E-state index in [1.165, 1.54) is 17.6 Å². The predicted octanol–water partition coefficient (Wildman–Crippen LogP) is 2.68. The normalized spacial score (nSPS) is 22.4. The molecule has 1 aliphatic carbocycles. The summed E-state index contributed by atoms with van der Waals surface area (Å²) in [4.78, 5) is 27.1. The van der Waals surface area contributed by atoms with Crippen LogP contribution in [-0.4, -0.2) is 47.9 Å². The van der Waals surface area contributed by atoms with E-state index in [1.54, 1.807) is 11.0 Å². The Morgan fingerprint density at radius 3 is 2.39 bits per heavy atom. The van der Waals surface area contributed by atoms with Gasteiger partial charge in [-0.1, -0.05) is 25.5 Å². The average Bonchev–Trinajstić information content (AvgIpc) is 2.71. The van der Waals surface area contributed by atoms with Crippen molar-refractivity contribution in [1.82, 2.24) is 9.80 Å². The molecule has 0 radical (unpaired) electrons. The lowest BCUT2D eigenvalue weighted by atomic mass is 9.72. The minimum absolute atomic E-state index is 0.0259. The van der Waals surface area contributed by atoms with Gasteiger partial charge in [0.1, 0.15) is 0 Å². The summed E-state index contributed by atoms with van der Waals surface area (Å²) in [6, 6.07) is -0.403. The van der Waals surface area contributed by atoms with Gasteiger partial charge in [0, 0.05) is 32.3 Å². The van der Waals surface area contributed by atoms with Crippen LogP contribution < -0.4 is 5.73 Å². The van der Waals surface area contributed by atoms with Gasteiger partial charge in [0.05, 0.1) is 0 Å². The van der Waals surface area contributed by atoms with Crippen molar-refractivity contribution in [3.8, 4) is 0 Å². The SMILES string of the molecule is CC1=C(/C=C/C(=O)N2CCCN(C(N)=O)CC2)C(C)(C)CCC1. The summed E-state index contributed by atoms with van der Waals surface area (Å²) in [5.41, 5.74) is 8.15. The zero-order valence-corrected chi connectivity index (χ0v) is 14.6. The number of nitrogens with two attached hydrogens (primary N) is 1. The first kappa shape index (κ1) is 17.6. The molecular formula is C18H29N3O2. The van der Waals surface area contributed by atoms with Crippen LogP contribution in [0.3, 0.4) is 0 Å². The molecule has 1 saturated heterocycles. The van der Waals surface area contributed by atoms with E-state index >= 15 is 0 Å². The maximum atomic E-state index is 12.5. The summed E-state index contributed by atoms with van der Waals surface area (Å²) in [5, 5.41) is 0. The molecular weight excluding hydrogens is 290 g/mol.